The molecule has 3 N–H and O–H groups in total. The molecular formula is C11H18N4OS. The monoisotopic (exact) mass is 254 g/mol. The Hall–Kier alpha value is -0.720. The summed E-state index contributed by atoms with van der Waals surface area (Å²) in [6.45, 7) is 1.69. The summed E-state index contributed by atoms with van der Waals surface area (Å²) in [7, 11) is 0. The van der Waals surface area contributed by atoms with Crippen LogP contribution in [0.1, 0.15) is 37.4 Å². The molecule has 5 nitrogen and oxygen atoms in total. The normalized spacial score (nSPS) is 29.6. The summed E-state index contributed by atoms with van der Waals surface area (Å²) in [6.07, 6.45) is 4.35. The number of aliphatic hydroxyl groups excluding tert-OH is 1. The van der Waals surface area contributed by atoms with Crippen LogP contribution in [-0.2, 0) is 0 Å². The lowest BCUT2D eigenvalue weighted by atomic mass is 9.91. The molecule has 1 aromatic rings. The zero-order chi connectivity index (χ0) is 11.9. The lowest BCUT2D eigenvalue weighted by Crippen LogP contribution is -2.56. The molecule has 1 saturated carbocycles. The highest BCUT2D eigenvalue weighted by Gasteiger charge is 2.33. The largest absolute Gasteiger partial charge is 0.394 e. The van der Waals surface area contributed by atoms with Crippen LogP contribution >= 0.6 is 11.5 Å². The van der Waals surface area contributed by atoms with Crippen molar-refractivity contribution in [1.29, 1.82) is 0 Å². The van der Waals surface area contributed by atoms with Crippen LogP contribution in [0.5, 0.6) is 0 Å². The van der Waals surface area contributed by atoms with E-state index in [-0.39, 0.29) is 6.61 Å². The van der Waals surface area contributed by atoms with Crippen molar-refractivity contribution in [2.75, 3.05) is 24.6 Å². The number of anilines is 1. The number of nitrogens with zero attached hydrogens (tertiary/aromatic N) is 3. The van der Waals surface area contributed by atoms with Crippen molar-refractivity contribution >= 4 is 16.7 Å². The summed E-state index contributed by atoms with van der Waals surface area (Å²) >= 11 is 1.46. The van der Waals surface area contributed by atoms with E-state index < -0.39 is 5.54 Å². The Balaban J connectivity index is 1.73. The summed E-state index contributed by atoms with van der Waals surface area (Å²) in [4.78, 5) is 6.76. The van der Waals surface area contributed by atoms with Crippen LogP contribution < -0.4 is 10.6 Å². The number of hydrogen-bond donors (Lipinski definition) is 2. The van der Waals surface area contributed by atoms with Gasteiger partial charge in [-0.15, -0.1) is 0 Å². The minimum atomic E-state index is -0.469. The molecule has 0 bridgehead atoms. The van der Waals surface area contributed by atoms with Gasteiger partial charge in [0.05, 0.1) is 12.1 Å². The van der Waals surface area contributed by atoms with Crippen molar-refractivity contribution in [2.45, 2.75) is 37.1 Å². The molecule has 2 fully saturated rings. The maximum absolute atomic E-state index is 9.33. The third kappa shape index (κ3) is 2.29. The molecule has 1 aliphatic carbocycles. The van der Waals surface area contributed by atoms with Gasteiger partial charge in [-0.2, -0.15) is 4.37 Å². The van der Waals surface area contributed by atoms with Gasteiger partial charge < -0.3 is 15.7 Å². The molecule has 6 heteroatoms. The maximum atomic E-state index is 9.33. The van der Waals surface area contributed by atoms with Crippen LogP contribution in [0.25, 0.3) is 0 Å². The number of rotatable bonds is 3. The number of hydrogen-bond acceptors (Lipinski definition) is 6. The van der Waals surface area contributed by atoms with Gasteiger partial charge in [0.2, 0.25) is 5.13 Å². The van der Waals surface area contributed by atoms with Gasteiger partial charge in [-0.05, 0) is 25.7 Å². The summed E-state index contributed by atoms with van der Waals surface area (Å²) in [6, 6.07) is 0. The highest BCUT2D eigenvalue weighted by atomic mass is 32.1. The number of aromatic nitrogens is 2. The Bertz CT molecular complexity index is 406. The summed E-state index contributed by atoms with van der Waals surface area (Å²) in [5.41, 5.74) is 5.66. The Morgan fingerprint density at radius 2 is 2.35 bits per heavy atom. The quantitative estimate of drug-likeness (QED) is 0.830. The molecule has 2 aliphatic rings. The van der Waals surface area contributed by atoms with Crippen molar-refractivity contribution < 1.29 is 5.11 Å². The molecule has 0 spiro atoms. The van der Waals surface area contributed by atoms with Gasteiger partial charge in [-0.25, -0.2) is 4.98 Å². The van der Waals surface area contributed by atoms with Crippen LogP contribution in [0.3, 0.4) is 0 Å². The number of aliphatic hydroxyl groups is 1. The lowest BCUT2D eigenvalue weighted by Gasteiger charge is -2.38. The molecule has 1 saturated heterocycles. The molecule has 0 radical (unpaired) electrons. The first kappa shape index (κ1) is 11.4. The highest BCUT2D eigenvalue weighted by molar-refractivity contribution is 7.09. The molecule has 2 heterocycles. The molecule has 3 rings (SSSR count). The average Bonchev–Trinajstić information content (AvgIpc) is 3.07. The predicted molar refractivity (Wildman–Crippen MR) is 67.3 cm³/mol. The Kier molecular flexibility index (Phi) is 2.80. The first-order valence-electron chi connectivity index (χ1n) is 6.18. The number of piperidine rings is 1. The van der Waals surface area contributed by atoms with Gasteiger partial charge in [-0.3, -0.25) is 0 Å². The molecule has 0 amide bonds. The predicted octanol–water partition coefficient (Wildman–Crippen LogP) is 0.705. The molecule has 1 aliphatic heterocycles. The van der Waals surface area contributed by atoms with Crippen LogP contribution in [-0.4, -0.2) is 39.7 Å². The van der Waals surface area contributed by atoms with Crippen molar-refractivity contribution in [3.8, 4) is 0 Å². The summed E-state index contributed by atoms with van der Waals surface area (Å²) in [5.74, 6) is 1.60. The van der Waals surface area contributed by atoms with Gasteiger partial charge in [0, 0.05) is 30.5 Å². The van der Waals surface area contributed by atoms with Gasteiger partial charge in [0.1, 0.15) is 5.82 Å². The van der Waals surface area contributed by atoms with Crippen molar-refractivity contribution in [3.05, 3.63) is 5.82 Å². The first-order valence-corrected chi connectivity index (χ1v) is 6.96. The molecule has 1 atom stereocenters. The van der Waals surface area contributed by atoms with E-state index in [0.29, 0.717) is 12.5 Å². The Morgan fingerprint density at radius 1 is 1.53 bits per heavy atom. The second-order valence-corrected chi connectivity index (χ2v) is 5.99. The van der Waals surface area contributed by atoms with Crippen LogP contribution in [0.2, 0.25) is 0 Å². The zero-order valence-corrected chi connectivity index (χ0v) is 10.6. The smallest absolute Gasteiger partial charge is 0.205 e. The van der Waals surface area contributed by atoms with Gasteiger partial charge in [-0.1, -0.05) is 0 Å². The molecule has 17 heavy (non-hydrogen) atoms. The molecular weight excluding hydrogens is 236 g/mol. The fourth-order valence-electron chi connectivity index (χ4n) is 2.31. The fourth-order valence-corrected chi connectivity index (χ4v) is 3.09. The number of nitrogens with two attached hydrogens (primary N) is 1. The minimum absolute atomic E-state index is 0.0395. The molecule has 1 aromatic heterocycles. The summed E-state index contributed by atoms with van der Waals surface area (Å²) < 4.78 is 4.41. The van der Waals surface area contributed by atoms with E-state index in [1.54, 1.807) is 0 Å². The first-order chi connectivity index (χ1) is 8.20. The third-order valence-corrected chi connectivity index (χ3v) is 4.36. The average molecular weight is 254 g/mol. The van der Waals surface area contributed by atoms with Crippen molar-refractivity contribution in [1.82, 2.24) is 9.36 Å². The van der Waals surface area contributed by atoms with E-state index in [0.717, 1.165) is 30.3 Å². The highest BCUT2D eigenvalue weighted by Crippen LogP contribution is 2.40. The van der Waals surface area contributed by atoms with Crippen LogP contribution in [0.4, 0.5) is 5.13 Å². The van der Waals surface area contributed by atoms with E-state index in [9.17, 15) is 5.11 Å². The molecule has 1 unspecified atom stereocenters. The zero-order valence-electron chi connectivity index (χ0n) is 9.80. The summed E-state index contributed by atoms with van der Waals surface area (Å²) in [5, 5.41) is 10.3. The second kappa shape index (κ2) is 4.19. The van der Waals surface area contributed by atoms with Gasteiger partial charge in [0.15, 0.2) is 0 Å². The van der Waals surface area contributed by atoms with Crippen LogP contribution in [0.15, 0.2) is 0 Å². The van der Waals surface area contributed by atoms with E-state index in [1.165, 1.54) is 24.4 Å². The third-order valence-electron chi connectivity index (χ3n) is 3.57. The lowest BCUT2D eigenvalue weighted by molar-refractivity contribution is 0.177. The minimum Gasteiger partial charge on any atom is -0.394 e. The van der Waals surface area contributed by atoms with Crippen LogP contribution in [0, 0.1) is 0 Å². The fraction of sp³-hybridized carbons (Fsp3) is 0.818. The van der Waals surface area contributed by atoms with Gasteiger partial charge >= 0.3 is 0 Å². The maximum Gasteiger partial charge on any atom is 0.205 e. The van der Waals surface area contributed by atoms with E-state index in [1.807, 2.05) is 0 Å². The Labute approximate surface area is 105 Å². The Morgan fingerprint density at radius 3 is 3.06 bits per heavy atom. The van der Waals surface area contributed by atoms with E-state index >= 15 is 0 Å². The standard InChI is InChI=1S/C11H18N4OS/c12-11(7-16)4-1-5-15(6-11)10-13-9(14-17-10)8-2-3-8/h8,16H,1-7,12H2. The van der Waals surface area contributed by atoms with E-state index in [2.05, 4.69) is 14.3 Å². The van der Waals surface area contributed by atoms with Crippen molar-refractivity contribution in [3.63, 3.8) is 0 Å². The van der Waals surface area contributed by atoms with Crippen molar-refractivity contribution in [2.24, 2.45) is 5.73 Å². The molecule has 94 valence electrons. The molecule has 0 aromatic carbocycles. The second-order valence-electron chi connectivity index (χ2n) is 5.26. The van der Waals surface area contributed by atoms with Gasteiger partial charge in [0.25, 0.3) is 0 Å². The topological polar surface area (TPSA) is 75.3 Å². The SMILES string of the molecule is NC1(CO)CCCN(c2nc(C3CC3)ns2)C1. The van der Waals surface area contributed by atoms with E-state index in [4.69, 9.17) is 5.73 Å².